The van der Waals surface area contributed by atoms with E-state index >= 15 is 0 Å². The molecule has 9 heteroatoms. The topological polar surface area (TPSA) is 106 Å². The average Bonchev–Trinajstić information content (AvgIpc) is 3.30. The fraction of sp³-hybridized carbons (Fsp3) is 0.391. The molecule has 0 saturated carbocycles. The van der Waals surface area contributed by atoms with E-state index in [0.29, 0.717) is 39.5 Å². The fourth-order valence-corrected chi connectivity index (χ4v) is 5.79. The molecule has 0 amide bonds. The molecule has 3 atom stereocenters. The number of hydrogen-bond donors (Lipinski definition) is 2. The lowest BCUT2D eigenvalue weighted by Gasteiger charge is -2.38. The van der Waals surface area contributed by atoms with Crippen LogP contribution in [-0.2, 0) is 7.05 Å². The van der Waals surface area contributed by atoms with Gasteiger partial charge in [-0.3, -0.25) is 9.36 Å². The zero-order valence-corrected chi connectivity index (χ0v) is 18.7. The number of nitrogens with zero attached hydrogens (tertiary/aromatic N) is 5. The summed E-state index contributed by atoms with van der Waals surface area (Å²) in [7, 11) is 1.70. The van der Waals surface area contributed by atoms with Crippen molar-refractivity contribution in [3.63, 3.8) is 0 Å². The highest BCUT2D eigenvalue weighted by Crippen LogP contribution is 2.39. The molecule has 3 aromatic heterocycles. The highest BCUT2D eigenvalue weighted by atomic mass is 35.5. The molecule has 2 aliphatic rings. The Kier molecular flexibility index (Phi) is 4.32. The number of rotatable bonds is 2. The molecule has 164 valence electrons. The number of aryl methyl sites for hydroxylation is 1. The Morgan fingerprint density at radius 3 is 2.66 bits per heavy atom. The molecule has 2 saturated heterocycles. The first kappa shape index (κ1) is 19.7. The van der Waals surface area contributed by atoms with Gasteiger partial charge in [0, 0.05) is 42.5 Å². The van der Waals surface area contributed by atoms with Crippen LogP contribution >= 0.6 is 11.6 Å². The summed E-state index contributed by atoms with van der Waals surface area (Å²) in [6, 6.07) is 4.87. The minimum Gasteiger partial charge on any atom is -0.349 e. The maximum Gasteiger partial charge on any atom is 0.262 e. The van der Waals surface area contributed by atoms with Crippen LogP contribution in [0.3, 0.4) is 0 Å². The standard InChI is InChI=1S/C23H24ClN7O/c1-11-28-17-6-5-15(20(24)19(17)23(32)30(11)2)16-9-27-22-21(16)26-10-18(29-22)31-13-3-4-14(31)8-12(25)7-13/h5-6,9-10,12-14H,3-4,7-8,25H2,1-2H3,(H,27,29)/t12?,13-,14+. The van der Waals surface area contributed by atoms with Gasteiger partial charge in [-0.05, 0) is 38.7 Å². The van der Waals surface area contributed by atoms with E-state index in [9.17, 15) is 4.79 Å². The first-order valence-corrected chi connectivity index (χ1v) is 11.3. The second kappa shape index (κ2) is 7.02. The molecular formula is C23H24ClN7O. The van der Waals surface area contributed by atoms with Gasteiger partial charge >= 0.3 is 0 Å². The highest BCUT2D eigenvalue weighted by Gasteiger charge is 2.40. The third-order valence-corrected chi connectivity index (χ3v) is 7.49. The van der Waals surface area contributed by atoms with E-state index in [1.54, 1.807) is 14.0 Å². The Bertz CT molecular complexity index is 1430. The van der Waals surface area contributed by atoms with Crippen LogP contribution in [0, 0.1) is 6.92 Å². The summed E-state index contributed by atoms with van der Waals surface area (Å²) in [4.78, 5) is 32.7. The molecule has 4 aromatic rings. The number of aromatic nitrogens is 5. The monoisotopic (exact) mass is 449 g/mol. The summed E-state index contributed by atoms with van der Waals surface area (Å²) < 4.78 is 1.51. The minimum atomic E-state index is -0.161. The largest absolute Gasteiger partial charge is 0.349 e. The van der Waals surface area contributed by atoms with Gasteiger partial charge in [0.2, 0.25) is 0 Å². The molecule has 0 aliphatic carbocycles. The quantitative estimate of drug-likeness (QED) is 0.486. The van der Waals surface area contributed by atoms with Gasteiger partial charge in [-0.1, -0.05) is 17.7 Å². The molecule has 0 spiro atoms. The van der Waals surface area contributed by atoms with Crippen molar-refractivity contribution < 1.29 is 0 Å². The summed E-state index contributed by atoms with van der Waals surface area (Å²) >= 11 is 6.74. The van der Waals surface area contributed by atoms with Crippen molar-refractivity contribution in [2.45, 2.75) is 50.7 Å². The van der Waals surface area contributed by atoms with E-state index in [1.807, 2.05) is 24.5 Å². The summed E-state index contributed by atoms with van der Waals surface area (Å²) in [6.45, 7) is 1.80. The van der Waals surface area contributed by atoms with Gasteiger partial charge in [0.05, 0.1) is 22.1 Å². The van der Waals surface area contributed by atoms with E-state index in [2.05, 4.69) is 14.9 Å². The number of nitrogens with one attached hydrogen (secondary N) is 1. The molecule has 2 aliphatic heterocycles. The van der Waals surface area contributed by atoms with E-state index in [-0.39, 0.29) is 11.6 Å². The molecule has 0 radical (unpaired) electrons. The summed E-state index contributed by atoms with van der Waals surface area (Å²) in [5, 5.41) is 0.794. The number of hydrogen-bond acceptors (Lipinski definition) is 6. The predicted octanol–water partition coefficient (Wildman–Crippen LogP) is 3.29. The normalized spacial score (nSPS) is 22.9. The van der Waals surface area contributed by atoms with Gasteiger partial charge in [0.25, 0.3) is 5.56 Å². The van der Waals surface area contributed by atoms with Crippen molar-refractivity contribution in [2.24, 2.45) is 12.8 Å². The molecule has 1 unspecified atom stereocenters. The van der Waals surface area contributed by atoms with Gasteiger partial charge in [-0.25, -0.2) is 15.0 Å². The fourth-order valence-electron chi connectivity index (χ4n) is 5.44. The molecule has 1 aromatic carbocycles. The smallest absolute Gasteiger partial charge is 0.262 e. The van der Waals surface area contributed by atoms with Crippen molar-refractivity contribution in [1.82, 2.24) is 24.5 Å². The van der Waals surface area contributed by atoms with E-state index in [1.165, 1.54) is 4.57 Å². The Hall–Kier alpha value is -2.97. The van der Waals surface area contributed by atoms with Crippen molar-refractivity contribution in [1.29, 1.82) is 0 Å². The zero-order chi connectivity index (χ0) is 22.1. The van der Waals surface area contributed by atoms with E-state index in [0.717, 1.165) is 48.1 Å². The number of H-pyrrole nitrogens is 1. The highest BCUT2D eigenvalue weighted by molar-refractivity contribution is 6.38. The lowest BCUT2D eigenvalue weighted by atomic mass is 9.98. The number of fused-ring (bicyclic) bond motifs is 4. The molecule has 8 nitrogen and oxygen atoms in total. The molecule has 5 heterocycles. The van der Waals surface area contributed by atoms with Gasteiger partial charge in [-0.15, -0.1) is 0 Å². The number of anilines is 1. The lowest BCUT2D eigenvalue weighted by molar-refractivity contribution is 0.412. The number of halogens is 1. The number of benzene rings is 1. The maximum absolute atomic E-state index is 12.9. The van der Waals surface area contributed by atoms with Crippen molar-refractivity contribution >= 4 is 39.5 Å². The van der Waals surface area contributed by atoms with E-state index in [4.69, 9.17) is 27.3 Å². The van der Waals surface area contributed by atoms with Crippen LogP contribution in [0.15, 0.2) is 29.3 Å². The first-order chi connectivity index (χ1) is 15.4. The van der Waals surface area contributed by atoms with Crippen molar-refractivity contribution in [3.8, 4) is 11.1 Å². The maximum atomic E-state index is 12.9. The lowest BCUT2D eigenvalue weighted by Crippen LogP contribution is -2.47. The Morgan fingerprint density at radius 1 is 1.16 bits per heavy atom. The van der Waals surface area contributed by atoms with Gasteiger partial charge in [-0.2, -0.15) is 0 Å². The number of aromatic amines is 1. The predicted molar refractivity (Wildman–Crippen MR) is 126 cm³/mol. The zero-order valence-electron chi connectivity index (χ0n) is 18.0. The molecule has 32 heavy (non-hydrogen) atoms. The van der Waals surface area contributed by atoms with Crippen LogP contribution in [0.1, 0.15) is 31.5 Å². The van der Waals surface area contributed by atoms with Gasteiger partial charge in [0.1, 0.15) is 17.2 Å². The Balaban J connectivity index is 1.45. The van der Waals surface area contributed by atoms with Crippen LogP contribution in [-0.4, -0.2) is 42.6 Å². The van der Waals surface area contributed by atoms with Crippen LogP contribution < -0.4 is 16.2 Å². The summed E-state index contributed by atoms with van der Waals surface area (Å²) in [5.74, 6) is 1.54. The van der Waals surface area contributed by atoms with Crippen molar-refractivity contribution in [3.05, 3.63) is 45.7 Å². The molecule has 2 bridgehead atoms. The SMILES string of the molecule is Cc1nc2ccc(-c3c[nH]c4nc(N5[C@@H]6CC[C@H]5CC(N)C6)cnc34)c(Cl)c2c(=O)n1C. The first-order valence-electron chi connectivity index (χ1n) is 11.0. The van der Waals surface area contributed by atoms with Crippen LogP contribution in [0.4, 0.5) is 5.82 Å². The third-order valence-electron chi connectivity index (χ3n) is 7.10. The van der Waals surface area contributed by atoms with Crippen molar-refractivity contribution in [2.75, 3.05) is 4.90 Å². The second-order valence-electron chi connectivity index (χ2n) is 9.00. The molecule has 2 fully saturated rings. The Labute approximate surface area is 189 Å². The summed E-state index contributed by atoms with van der Waals surface area (Å²) in [6.07, 6.45) is 8.02. The van der Waals surface area contributed by atoms with Gasteiger partial charge in [0.15, 0.2) is 5.65 Å². The van der Waals surface area contributed by atoms with Crippen LogP contribution in [0.5, 0.6) is 0 Å². The second-order valence-corrected chi connectivity index (χ2v) is 9.37. The van der Waals surface area contributed by atoms with E-state index < -0.39 is 0 Å². The summed E-state index contributed by atoms with van der Waals surface area (Å²) in [5.41, 5.74) is 9.64. The average molecular weight is 450 g/mol. The van der Waals surface area contributed by atoms with Crippen LogP contribution in [0.25, 0.3) is 33.2 Å². The number of nitrogens with two attached hydrogens (primary N) is 1. The molecule has 3 N–H and O–H groups in total. The molecule has 6 rings (SSSR count). The number of piperidine rings is 1. The van der Waals surface area contributed by atoms with Gasteiger partial charge < -0.3 is 15.6 Å². The minimum absolute atomic E-state index is 0.161. The molecular weight excluding hydrogens is 426 g/mol. The third kappa shape index (κ3) is 2.79. The Morgan fingerprint density at radius 2 is 1.91 bits per heavy atom. The van der Waals surface area contributed by atoms with Crippen LogP contribution in [0.2, 0.25) is 5.02 Å².